The van der Waals surface area contributed by atoms with E-state index in [2.05, 4.69) is 15.0 Å². The largest absolute Gasteiger partial charge is 0.481 e. The number of imidazole rings is 1. The maximum atomic E-state index is 15.3. The number of nitrogens with zero attached hydrogens (tertiary/aromatic N) is 5. The van der Waals surface area contributed by atoms with Crippen LogP contribution in [-0.2, 0) is 16.0 Å². The molecule has 3 aromatic heterocycles. The Morgan fingerprint density at radius 2 is 1.93 bits per heavy atom. The van der Waals surface area contributed by atoms with Gasteiger partial charge in [-0.25, -0.2) is 19.3 Å². The summed E-state index contributed by atoms with van der Waals surface area (Å²) in [7, 11) is 0. The number of aliphatic carboxylic acids is 1. The van der Waals surface area contributed by atoms with Crippen LogP contribution in [0.25, 0.3) is 16.8 Å². The highest BCUT2D eigenvalue weighted by Gasteiger charge is 2.37. The van der Waals surface area contributed by atoms with Crippen molar-refractivity contribution in [2.45, 2.75) is 38.9 Å². The molecule has 0 unspecified atom stereocenters. The van der Waals surface area contributed by atoms with Crippen LogP contribution in [0.15, 0.2) is 48.9 Å². The highest BCUT2D eigenvalue weighted by Crippen LogP contribution is 2.39. The van der Waals surface area contributed by atoms with Crippen molar-refractivity contribution in [1.29, 1.82) is 0 Å². The number of anilines is 1. The van der Waals surface area contributed by atoms with Crippen molar-refractivity contribution in [1.82, 2.24) is 19.4 Å². The minimum atomic E-state index is -3.00. The van der Waals surface area contributed by atoms with Crippen molar-refractivity contribution < 1.29 is 32.5 Å². The Morgan fingerprint density at radius 3 is 2.62 bits per heavy atom. The molecule has 1 N–H and O–H groups in total. The molecule has 208 valence electrons. The number of hydrogen-bond acceptors (Lipinski definition) is 7. The van der Waals surface area contributed by atoms with Gasteiger partial charge in [0, 0.05) is 60.9 Å². The summed E-state index contributed by atoms with van der Waals surface area (Å²) in [5.74, 6) is -0.881. The third kappa shape index (κ3) is 4.61. The first kappa shape index (κ1) is 26.1. The van der Waals surface area contributed by atoms with Gasteiger partial charge in [-0.3, -0.25) is 9.20 Å². The van der Waals surface area contributed by atoms with E-state index in [1.54, 1.807) is 35.7 Å². The summed E-state index contributed by atoms with van der Waals surface area (Å²) in [6.45, 7) is 0.0624. The molecule has 1 aromatic carbocycles. The summed E-state index contributed by atoms with van der Waals surface area (Å²) in [5.41, 5.74) is 1.98. The van der Waals surface area contributed by atoms with E-state index in [0.29, 0.717) is 73.1 Å². The van der Waals surface area contributed by atoms with Gasteiger partial charge in [0.05, 0.1) is 23.4 Å². The van der Waals surface area contributed by atoms with Crippen LogP contribution in [0, 0.1) is 11.2 Å². The van der Waals surface area contributed by atoms with Crippen LogP contribution >= 0.6 is 0 Å². The molecule has 9 nitrogen and oxygen atoms in total. The van der Waals surface area contributed by atoms with Crippen molar-refractivity contribution in [2.24, 2.45) is 5.41 Å². The Kier molecular flexibility index (Phi) is 6.57. The fourth-order valence-corrected chi connectivity index (χ4v) is 5.33. The molecule has 1 fully saturated rings. The van der Waals surface area contributed by atoms with E-state index in [-0.39, 0.29) is 11.3 Å². The molecular weight excluding hydrogens is 527 g/mol. The molecule has 0 spiro atoms. The predicted molar refractivity (Wildman–Crippen MR) is 138 cm³/mol. The topological polar surface area (TPSA) is 102 Å². The van der Waals surface area contributed by atoms with E-state index in [4.69, 9.17) is 9.47 Å². The maximum absolute atomic E-state index is 15.3. The Hall–Kier alpha value is -4.19. The number of pyridine rings is 1. The lowest BCUT2D eigenvalue weighted by atomic mass is 9.80. The Labute approximate surface area is 227 Å². The molecule has 0 bridgehead atoms. The number of carbonyl (C=O) groups is 1. The normalized spacial score (nSPS) is 18.6. The van der Waals surface area contributed by atoms with E-state index in [0.717, 1.165) is 0 Å². The molecule has 40 heavy (non-hydrogen) atoms. The van der Waals surface area contributed by atoms with E-state index in [1.807, 2.05) is 4.90 Å². The van der Waals surface area contributed by atoms with Gasteiger partial charge in [0.15, 0.2) is 0 Å². The second-order valence-electron chi connectivity index (χ2n) is 10.2. The second kappa shape index (κ2) is 10.1. The fraction of sp³-hybridized carbons (Fsp3) is 0.357. The lowest BCUT2D eigenvalue weighted by Gasteiger charge is -2.36. The van der Waals surface area contributed by atoms with E-state index < -0.39 is 29.9 Å². The number of carboxylic acid groups (broad SMARTS) is 1. The number of para-hydroxylation sites is 1. The van der Waals surface area contributed by atoms with Crippen molar-refractivity contribution in [3.8, 4) is 16.9 Å². The number of aromatic nitrogens is 4. The number of carboxylic acids is 1. The van der Waals surface area contributed by atoms with Crippen molar-refractivity contribution in [2.75, 3.05) is 24.6 Å². The average Bonchev–Trinajstić information content (AvgIpc) is 3.30. The number of rotatable bonds is 6. The highest BCUT2D eigenvalue weighted by atomic mass is 19.3. The van der Waals surface area contributed by atoms with E-state index in [9.17, 15) is 18.7 Å². The smallest absolute Gasteiger partial charge is 0.387 e. The van der Waals surface area contributed by atoms with Crippen molar-refractivity contribution >= 4 is 17.6 Å². The Bertz CT molecular complexity index is 1570. The van der Waals surface area contributed by atoms with Gasteiger partial charge in [0.1, 0.15) is 23.3 Å². The molecule has 2 aliphatic heterocycles. The molecule has 6 rings (SSSR count). The average molecular weight is 554 g/mol. The van der Waals surface area contributed by atoms with Gasteiger partial charge in [0.25, 0.3) is 0 Å². The molecular formula is C28H26F3N5O4. The summed E-state index contributed by atoms with van der Waals surface area (Å²) in [6.07, 6.45) is 5.32. The van der Waals surface area contributed by atoms with Gasteiger partial charge >= 0.3 is 12.6 Å². The second-order valence-corrected chi connectivity index (χ2v) is 10.2. The Morgan fingerprint density at radius 1 is 1.20 bits per heavy atom. The van der Waals surface area contributed by atoms with Crippen molar-refractivity contribution in [3.05, 3.63) is 71.7 Å². The first-order valence-electron chi connectivity index (χ1n) is 12.9. The van der Waals surface area contributed by atoms with Crippen LogP contribution in [0.1, 0.15) is 42.8 Å². The minimum Gasteiger partial charge on any atom is -0.481 e. The zero-order valence-corrected chi connectivity index (χ0v) is 21.6. The van der Waals surface area contributed by atoms with Crippen LogP contribution in [0.5, 0.6) is 5.75 Å². The number of ether oxygens (including phenoxy) is 2. The minimum absolute atomic E-state index is 0.00185. The molecule has 2 aliphatic rings. The molecule has 12 heteroatoms. The van der Waals surface area contributed by atoms with Crippen LogP contribution in [0.2, 0.25) is 0 Å². The fourth-order valence-electron chi connectivity index (χ4n) is 5.33. The van der Waals surface area contributed by atoms with E-state index >= 15 is 4.39 Å². The number of piperidine rings is 1. The zero-order valence-electron chi connectivity index (χ0n) is 21.6. The van der Waals surface area contributed by atoms with Crippen molar-refractivity contribution in [3.63, 3.8) is 0 Å². The molecule has 1 atom stereocenters. The van der Waals surface area contributed by atoms with Gasteiger partial charge in [0.2, 0.25) is 5.95 Å². The van der Waals surface area contributed by atoms with Crippen LogP contribution in [-0.4, -0.2) is 56.7 Å². The van der Waals surface area contributed by atoms with Crippen LogP contribution in [0.3, 0.4) is 0 Å². The lowest BCUT2D eigenvalue weighted by molar-refractivity contribution is -0.149. The van der Waals surface area contributed by atoms with Crippen LogP contribution < -0.4 is 9.64 Å². The third-order valence-electron chi connectivity index (χ3n) is 7.73. The quantitative estimate of drug-likeness (QED) is 0.360. The molecule has 0 radical (unpaired) electrons. The number of fused-ring (bicyclic) bond motifs is 3. The standard InChI is InChI=1S/C28H26F3N5O4/c1-28(25(37)38)7-9-35(10-8-28)27-32-13-16(14-33-27)18-15-36-22(12-19(18)29)34-20-6-11-39-24(23(20)36)17-4-2-3-5-21(17)40-26(30)31/h2-5,12-15,24,26H,6-11H2,1H3,(H,37,38)/t24-/m0/s1. The first-order chi connectivity index (χ1) is 19.2. The summed E-state index contributed by atoms with van der Waals surface area (Å²) < 4.78 is 54.0. The summed E-state index contributed by atoms with van der Waals surface area (Å²) in [5, 5.41) is 9.47. The molecule has 1 saturated heterocycles. The zero-order chi connectivity index (χ0) is 28.0. The van der Waals surface area contributed by atoms with Gasteiger partial charge in [-0.05, 0) is 25.8 Å². The van der Waals surface area contributed by atoms with E-state index in [1.165, 1.54) is 24.5 Å². The van der Waals surface area contributed by atoms with Gasteiger partial charge in [-0.2, -0.15) is 8.78 Å². The summed E-state index contributed by atoms with van der Waals surface area (Å²) in [6, 6.07) is 7.75. The SMILES string of the molecule is CC1(C(=O)O)CCN(c2ncc(-c3cn4c5c(nc4cc3F)CCO[C@H]5c3ccccc3OC(F)F)cn2)CC1. The number of benzene rings is 1. The molecule has 5 heterocycles. The highest BCUT2D eigenvalue weighted by molar-refractivity contribution is 5.74. The summed E-state index contributed by atoms with van der Waals surface area (Å²) >= 11 is 0. The molecule has 0 saturated carbocycles. The first-order valence-corrected chi connectivity index (χ1v) is 12.9. The monoisotopic (exact) mass is 553 g/mol. The number of alkyl halides is 2. The number of halogens is 3. The lowest BCUT2D eigenvalue weighted by Crippen LogP contribution is -2.43. The maximum Gasteiger partial charge on any atom is 0.387 e. The Balaban J connectivity index is 1.34. The van der Waals surface area contributed by atoms with Gasteiger partial charge < -0.3 is 19.5 Å². The molecule has 0 amide bonds. The summed E-state index contributed by atoms with van der Waals surface area (Å²) in [4.78, 5) is 26.9. The van der Waals surface area contributed by atoms with Gasteiger partial charge in [-0.1, -0.05) is 18.2 Å². The third-order valence-corrected chi connectivity index (χ3v) is 7.73. The van der Waals surface area contributed by atoms with Crippen LogP contribution in [0.4, 0.5) is 19.1 Å². The molecule has 4 aromatic rings. The number of hydrogen-bond donors (Lipinski definition) is 1. The van der Waals surface area contributed by atoms with Gasteiger partial charge in [-0.15, -0.1) is 0 Å². The predicted octanol–water partition coefficient (Wildman–Crippen LogP) is 4.89. The molecule has 0 aliphatic carbocycles.